The second-order valence-corrected chi connectivity index (χ2v) is 5.09. The summed E-state index contributed by atoms with van der Waals surface area (Å²) < 4.78 is 5.10. The number of carbonyl (C=O) groups is 1. The summed E-state index contributed by atoms with van der Waals surface area (Å²) in [6.45, 7) is 5.65. The van der Waals surface area contributed by atoms with Gasteiger partial charge >= 0.3 is 5.97 Å². The fourth-order valence-electron chi connectivity index (χ4n) is 2.10. The van der Waals surface area contributed by atoms with E-state index < -0.39 is 0 Å². The highest BCUT2D eigenvalue weighted by molar-refractivity contribution is 5.86. The van der Waals surface area contributed by atoms with Gasteiger partial charge < -0.3 is 4.74 Å². The molecule has 21 heavy (non-hydrogen) atoms. The van der Waals surface area contributed by atoms with E-state index in [1.54, 1.807) is 6.92 Å². The third-order valence-electron chi connectivity index (χ3n) is 3.23. The molecular formula is C19H20O2. The molecule has 2 aromatic carbocycles. The minimum atomic E-state index is -0.312. The maximum absolute atomic E-state index is 11.3. The Morgan fingerprint density at radius 2 is 1.76 bits per heavy atom. The molecule has 0 amide bonds. The molecule has 0 aliphatic carbocycles. The first-order valence-corrected chi connectivity index (χ1v) is 7.14. The van der Waals surface area contributed by atoms with Crippen LogP contribution in [0.3, 0.4) is 0 Å². The van der Waals surface area contributed by atoms with Crippen molar-refractivity contribution in [2.24, 2.45) is 0 Å². The third kappa shape index (κ3) is 4.60. The zero-order valence-electron chi connectivity index (χ0n) is 12.3. The predicted molar refractivity (Wildman–Crippen MR) is 86.0 cm³/mol. The summed E-state index contributed by atoms with van der Waals surface area (Å²) in [6, 6.07) is 18.8. The summed E-state index contributed by atoms with van der Waals surface area (Å²) in [5, 5.41) is 0. The van der Waals surface area contributed by atoms with E-state index in [0.29, 0.717) is 12.2 Å². The van der Waals surface area contributed by atoms with Gasteiger partial charge in [-0.15, -0.1) is 0 Å². The third-order valence-corrected chi connectivity index (χ3v) is 3.23. The van der Waals surface area contributed by atoms with Crippen LogP contribution in [0.2, 0.25) is 0 Å². The number of benzene rings is 2. The van der Waals surface area contributed by atoms with E-state index in [4.69, 9.17) is 4.74 Å². The molecule has 2 heteroatoms. The van der Waals surface area contributed by atoms with Crippen molar-refractivity contribution in [3.05, 3.63) is 72.3 Å². The molecule has 0 heterocycles. The number of esters is 1. The summed E-state index contributed by atoms with van der Waals surface area (Å²) in [7, 11) is 0. The molecule has 108 valence electrons. The van der Waals surface area contributed by atoms with Crippen molar-refractivity contribution < 1.29 is 9.53 Å². The fraction of sp³-hybridized carbons (Fsp3) is 0.211. The van der Waals surface area contributed by atoms with E-state index in [2.05, 4.69) is 43.0 Å². The standard InChI is InChI=1S/C19H20O2/c1-15(2)19(20)21-13-7-9-16-8-6-12-18(14-16)17-10-4-3-5-11-17/h3-6,8,10-12,14H,1,7,9,13H2,2H3. The Labute approximate surface area is 126 Å². The molecule has 0 aliphatic rings. The fourth-order valence-corrected chi connectivity index (χ4v) is 2.10. The van der Waals surface area contributed by atoms with Crippen LogP contribution in [0.5, 0.6) is 0 Å². The molecule has 2 nitrogen and oxygen atoms in total. The maximum Gasteiger partial charge on any atom is 0.333 e. The molecule has 0 fully saturated rings. The van der Waals surface area contributed by atoms with E-state index in [9.17, 15) is 4.79 Å². The zero-order valence-corrected chi connectivity index (χ0v) is 12.3. The SMILES string of the molecule is C=C(C)C(=O)OCCCc1cccc(-c2ccccc2)c1. The number of aryl methyl sites for hydroxylation is 1. The average molecular weight is 280 g/mol. The van der Waals surface area contributed by atoms with E-state index in [1.165, 1.54) is 16.7 Å². The van der Waals surface area contributed by atoms with Crippen LogP contribution in [0.4, 0.5) is 0 Å². The highest BCUT2D eigenvalue weighted by Crippen LogP contribution is 2.20. The van der Waals surface area contributed by atoms with Crippen LogP contribution in [-0.2, 0) is 16.0 Å². The van der Waals surface area contributed by atoms with Gasteiger partial charge in [0, 0.05) is 5.57 Å². The number of hydrogen-bond donors (Lipinski definition) is 0. The first kappa shape index (κ1) is 15.0. The number of ether oxygens (including phenoxy) is 1. The molecule has 0 aromatic heterocycles. The van der Waals surface area contributed by atoms with Crippen molar-refractivity contribution >= 4 is 5.97 Å². The summed E-state index contributed by atoms with van der Waals surface area (Å²) >= 11 is 0. The van der Waals surface area contributed by atoms with Crippen LogP contribution >= 0.6 is 0 Å². The van der Waals surface area contributed by atoms with E-state index in [-0.39, 0.29) is 5.97 Å². The number of hydrogen-bond acceptors (Lipinski definition) is 2. The van der Waals surface area contributed by atoms with E-state index in [0.717, 1.165) is 12.8 Å². The lowest BCUT2D eigenvalue weighted by atomic mass is 10.0. The predicted octanol–water partition coefficient (Wildman–Crippen LogP) is 4.41. The van der Waals surface area contributed by atoms with Crippen molar-refractivity contribution in [2.75, 3.05) is 6.61 Å². The zero-order chi connectivity index (χ0) is 15.1. The summed E-state index contributed by atoms with van der Waals surface area (Å²) in [5.74, 6) is -0.312. The Morgan fingerprint density at radius 1 is 1.05 bits per heavy atom. The molecule has 0 bridgehead atoms. The molecule has 0 aliphatic heterocycles. The summed E-state index contributed by atoms with van der Waals surface area (Å²) in [4.78, 5) is 11.3. The average Bonchev–Trinajstić information content (AvgIpc) is 2.52. The van der Waals surface area contributed by atoms with Gasteiger partial charge in [0.15, 0.2) is 0 Å². The summed E-state index contributed by atoms with van der Waals surface area (Å²) in [5.41, 5.74) is 4.13. The minimum Gasteiger partial charge on any atom is -0.462 e. The van der Waals surface area contributed by atoms with Gasteiger partial charge in [-0.2, -0.15) is 0 Å². The Bertz CT molecular complexity index is 614. The normalized spacial score (nSPS) is 10.1. The van der Waals surface area contributed by atoms with Crippen LogP contribution in [0.25, 0.3) is 11.1 Å². The van der Waals surface area contributed by atoms with Gasteiger partial charge in [0.1, 0.15) is 0 Å². The van der Waals surface area contributed by atoms with Crippen LogP contribution in [0.1, 0.15) is 18.9 Å². The molecule has 0 saturated heterocycles. The van der Waals surface area contributed by atoms with E-state index >= 15 is 0 Å². The van der Waals surface area contributed by atoms with Crippen molar-refractivity contribution in [3.63, 3.8) is 0 Å². The lowest BCUT2D eigenvalue weighted by Crippen LogP contribution is -2.06. The minimum absolute atomic E-state index is 0.312. The van der Waals surface area contributed by atoms with Crippen LogP contribution < -0.4 is 0 Å². The van der Waals surface area contributed by atoms with Gasteiger partial charge in [0.25, 0.3) is 0 Å². The summed E-state index contributed by atoms with van der Waals surface area (Å²) in [6.07, 6.45) is 1.71. The quantitative estimate of drug-likeness (QED) is 0.445. The van der Waals surface area contributed by atoms with Crippen molar-refractivity contribution in [1.29, 1.82) is 0 Å². The van der Waals surface area contributed by atoms with Gasteiger partial charge in [0.05, 0.1) is 6.61 Å². The van der Waals surface area contributed by atoms with Gasteiger partial charge in [0.2, 0.25) is 0 Å². The lowest BCUT2D eigenvalue weighted by Gasteiger charge is -2.07. The number of carbonyl (C=O) groups excluding carboxylic acids is 1. The van der Waals surface area contributed by atoms with Gasteiger partial charge in [-0.05, 0) is 36.5 Å². The van der Waals surface area contributed by atoms with E-state index in [1.807, 2.05) is 18.2 Å². The van der Waals surface area contributed by atoms with Gasteiger partial charge in [-0.1, -0.05) is 61.2 Å². The highest BCUT2D eigenvalue weighted by atomic mass is 16.5. The van der Waals surface area contributed by atoms with Gasteiger partial charge in [-0.25, -0.2) is 4.79 Å². The van der Waals surface area contributed by atoms with Gasteiger partial charge in [-0.3, -0.25) is 0 Å². The lowest BCUT2D eigenvalue weighted by molar-refractivity contribution is -0.139. The Balaban J connectivity index is 1.90. The number of rotatable bonds is 6. The molecule has 0 unspecified atom stereocenters. The van der Waals surface area contributed by atoms with Crippen LogP contribution in [-0.4, -0.2) is 12.6 Å². The monoisotopic (exact) mass is 280 g/mol. The highest BCUT2D eigenvalue weighted by Gasteiger charge is 2.03. The first-order valence-electron chi connectivity index (χ1n) is 7.14. The molecule has 2 aromatic rings. The second kappa shape index (κ2) is 7.44. The molecule has 0 atom stereocenters. The largest absolute Gasteiger partial charge is 0.462 e. The topological polar surface area (TPSA) is 26.3 Å². The second-order valence-electron chi connectivity index (χ2n) is 5.09. The molecule has 0 saturated carbocycles. The van der Waals surface area contributed by atoms with Crippen molar-refractivity contribution in [3.8, 4) is 11.1 Å². The maximum atomic E-state index is 11.3. The molecule has 0 spiro atoms. The smallest absolute Gasteiger partial charge is 0.333 e. The molecule has 2 rings (SSSR count). The van der Waals surface area contributed by atoms with Crippen molar-refractivity contribution in [2.45, 2.75) is 19.8 Å². The Morgan fingerprint density at radius 3 is 2.48 bits per heavy atom. The molecule has 0 N–H and O–H groups in total. The van der Waals surface area contributed by atoms with Crippen LogP contribution in [0.15, 0.2) is 66.7 Å². The first-order chi connectivity index (χ1) is 10.2. The molecular weight excluding hydrogens is 260 g/mol. The Hall–Kier alpha value is -2.35. The van der Waals surface area contributed by atoms with Crippen LogP contribution in [0, 0.1) is 0 Å². The Kier molecular flexibility index (Phi) is 5.33. The van der Waals surface area contributed by atoms with Crippen molar-refractivity contribution in [1.82, 2.24) is 0 Å². The molecule has 0 radical (unpaired) electrons.